The Morgan fingerprint density at radius 3 is 2.50 bits per heavy atom. The molecule has 0 aliphatic heterocycles. The number of nitrogens with one attached hydrogen (secondary N) is 1. The zero-order valence-electron chi connectivity index (χ0n) is 13.2. The van der Waals surface area contributed by atoms with Gasteiger partial charge < -0.3 is 15.0 Å². The highest BCUT2D eigenvalue weighted by Gasteiger charge is 2.32. The molecule has 2 fully saturated rings. The standard InChI is InChI=1S/C16H30N2O2/c1-4-20-16(19)15(17-13-5-6-13)9-10-18(11-12(2)3)14-7-8-14/h12-15,17H,4-11H2,1-3H3. The summed E-state index contributed by atoms with van der Waals surface area (Å²) in [5.41, 5.74) is 0. The summed E-state index contributed by atoms with van der Waals surface area (Å²) in [6.07, 6.45) is 5.93. The van der Waals surface area contributed by atoms with E-state index in [1.165, 1.54) is 25.7 Å². The molecular weight excluding hydrogens is 252 g/mol. The summed E-state index contributed by atoms with van der Waals surface area (Å²) < 4.78 is 5.20. The Hall–Kier alpha value is -0.610. The summed E-state index contributed by atoms with van der Waals surface area (Å²) in [6, 6.07) is 1.20. The van der Waals surface area contributed by atoms with Crippen LogP contribution in [0.4, 0.5) is 0 Å². The molecule has 4 nitrogen and oxygen atoms in total. The van der Waals surface area contributed by atoms with E-state index in [9.17, 15) is 4.79 Å². The third-order valence-electron chi connectivity index (χ3n) is 3.95. The fraction of sp³-hybridized carbons (Fsp3) is 0.938. The Morgan fingerprint density at radius 1 is 1.30 bits per heavy atom. The van der Waals surface area contributed by atoms with Crippen molar-refractivity contribution in [1.82, 2.24) is 10.2 Å². The van der Waals surface area contributed by atoms with E-state index in [0.717, 1.165) is 25.6 Å². The molecule has 116 valence electrons. The van der Waals surface area contributed by atoms with Gasteiger partial charge in [-0.25, -0.2) is 0 Å². The van der Waals surface area contributed by atoms with Crippen LogP contribution >= 0.6 is 0 Å². The Labute approximate surface area is 123 Å². The molecule has 0 aromatic heterocycles. The van der Waals surface area contributed by atoms with E-state index in [0.29, 0.717) is 18.6 Å². The molecule has 0 aromatic rings. The van der Waals surface area contributed by atoms with Crippen molar-refractivity contribution in [2.45, 2.75) is 71.0 Å². The predicted octanol–water partition coefficient (Wildman–Crippen LogP) is 2.18. The van der Waals surface area contributed by atoms with Gasteiger partial charge >= 0.3 is 5.97 Å². The molecule has 2 saturated carbocycles. The lowest BCUT2D eigenvalue weighted by molar-refractivity contribution is -0.146. The van der Waals surface area contributed by atoms with Gasteiger partial charge in [0.1, 0.15) is 6.04 Å². The summed E-state index contributed by atoms with van der Waals surface area (Å²) >= 11 is 0. The molecule has 2 aliphatic carbocycles. The van der Waals surface area contributed by atoms with Crippen LogP contribution in [0.15, 0.2) is 0 Å². The number of carbonyl (C=O) groups is 1. The van der Waals surface area contributed by atoms with Crippen LogP contribution in [0, 0.1) is 5.92 Å². The van der Waals surface area contributed by atoms with Crippen LogP contribution in [0.25, 0.3) is 0 Å². The minimum atomic E-state index is -0.115. The molecular formula is C16H30N2O2. The van der Waals surface area contributed by atoms with Gasteiger partial charge in [-0.2, -0.15) is 0 Å². The molecule has 4 heteroatoms. The maximum absolute atomic E-state index is 12.0. The zero-order chi connectivity index (χ0) is 14.5. The first-order valence-electron chi connectivity index (χ1n) is 8.26. The largest absolute Gasteiger partial charge is 0.465 e. The molecule has 0 aromatic carbocycles. The highest BCUT2D eigenvalue weighted by molar-refractivity contribution is 5.75. The van der Waals surface area contributed by atoms with E-state index >= 15 is 0 Å². The molecule has 20 heavy (non-hydrogen) atoms. The molecule has 1 unspecified atom stereocenters. The second-order valence-electron chi connectivity index (χ2n) is 6.65. The average Bonchev–Trinajstić information content (AvgIpc) is 3.26. The van der Waals surface area contributed by atoms with Crippen LogP contribution in [-0.2, 0) is 9.53 Å². The predicted molar refractivity (Wildman–Crippen MR) is 80.6 cm³/mol. The Morgan fingerprint density at radius 2 is 2.00 bits per heavy atom. The first-order valence-corrected chi connectivity index (χ1v) is 8.26. The van der Waals surface area contributed by atoms with Gasteiger partial charge in [0.05, 0.1) is 6.61 Å². The normalized spacial score (nSPS) is 20.4. The van der Waals surface area contributed by atoms with Gasteiger partial charge in [0, 0.05) is 25.2 Å². The first-order chi connectivity index (χ1) is 9.60. The zero-order valence-corrected chi connectivity index (χ0v) is 13.2. The maximum atomic E-state index is 12.0. The van der Waals surface area contributed by atoms with Crippen molar-refractivity contribution in [1.29, 1.82) is 0 Å². The third-order valence-corrected chi connectivity index (χ3v) is 3.95. The highest BCUT2D eigenvalue weighted by atomic mass is 16.5. The number of carbonyl (C=O) groups excluding carboxylic acids is 1. The average molecular weight is 282 g/mol. The maximum Gasteiger partial charge on any atom is 0.323 e. The van der Waals surface area contributed by atoms with E-state index < -0.39 is 0 Å². The highest BCUT2D eigenvalue weighted by Crippen LogP contribution is 2.28. The molecule has 2 aliphatic rings. The quantitative estimate of drug-likeness (QED) is 0.624. The molecule has 1 atom stereocenters. The monoisotopic (exact) mass is 282 g/mol. The van der Waals surface area contributed by atoms with E-state index in [4.69, 9.17) is 4.74 Å². The smallest absolute Gasteiger partial charge is 0.323 e. The van der Waals surface area contributed by atoms with E-state index in [1.54, 1.807) is 0 Å². The summed E-state index contributed by atoms with van der Waals surface area (Å²) in [4.78, 5) is 14.6. The topological polar surface area (TPSA) is 41.6 Å². The molecule has 0 radical (unpaired) electrons. The lowest BCUT2D eigenvalue weighted by atomic mass is 10.1. The van der Waals surface area contributed by atoms with Crippen LogP contribution in [-0.4, -0.2) is 48.7 Å². The fourth-order valence-electron chi connectivity index (χ4n) is 2.67. The van der Waals surface area contributed by atoms with E-state index in [1.807, 2.05) is 6.92 Å². The lowest BCUT2D eigenvalue weighted by Gasteiger charge is -2.26. The minimum absolute atomic E-state index is 0.0697. The molecule has 0 heterocycles. The second-order valence-corrected chi connectivity index (χ2v) is 6.65. The lowest BCUT2D eigenvalue weighted by Crippen LogP contribution is -2.43. The number of esters is 1. The number of rotatable bonds is 10. The third kappa shape index (κ3) is 5.41. The van der Waals surface area contributed by atoms with Crippen LogP contribution < -0.4 is 5.32 Å². The van der Waals surface area contributed by atoms with Gasteiger partial charge in [0.15, 0.2) is 0 Å². The minimum Gasteiger partial charge on any atom is -0.465 e. The van der Waals surface area contributed by atoms with Crippen molar-refractivity contribution in [3.63, 3.8) is 0 Å². The van der Waals surface area contributed by atoms with Crippen LogP contribution in [0.1, 0.15) is 52.9 Å². The molecule has 0 saturated heterocycles. The Balaban J connectivity index is 1.80. The van der Waals surface area contributed by atoms with Gasteiger partial charge in [0.2, 0.25) is 0 Å². The Kier molecular flexibility index (Phi) is 5.85. The number of ether oxygens (including phenoxy) is 1. The van der Waals surface area contributed by atoms with Gasteiger partial charge in [0.25, 0.3) is 0 Å². The van der Waals surface area contributed by atoms with E-state index in [2.05, 4.69) is 24.1 Å². The van der Waals surface area contributed by atoms with Crippen LogP contribution in [0.2, 0.25) is 0 Å². The van der Waals surface area contributed by atoms with Crippen molar-refractivity contribution in [3.05, 3.63) is 0 Å². The van der Waals surface area contributed by atoms with Crippen molar-refractivity contribution >= 4 is 5.97 Å². The summed E-state index contributed by atoms with van der Waals surface area (Å²) in [7, 11) is 0. The van der Waals surface area contributed by atoms with Crippen molar-refractivity contribution in [2.24, 2.45) is 5.92 Å². The van der Waals surface area contributed by atoms with Gasteiger partial charge in [-0.05, 0) is 44.9 Å². The van der Waals surface area contributed by atoms with Gasteiger partial charge in [-0.15, -0.1) is 0 Å². The summed E-state index contributed by atoms with van der Waals surface area (Å²) in [5.74, 6) is 0.618. The van der Waals surface area contributed by atoms with Crippen molar-refractivity contribution in [2.75, 3.05) is 19.7 Å². The van der Waals surface area contributed by atoms with Crippen molar-refractivity contribution in [3.8, 4) is 0 Å². The molecule has 2 rings (SSSR count). The van der Waals surface area contributed by atoms with Crippen LogP contribution in [0.3, 0.4) is 0 Å². The number of hydrogen-bond acceptors (Lipinski definition) is 4. The molecule has 0 bridgehead atoms. The number of hydrogen-bond donors (Lipinski definition) is 1. The summed E-state index contributed by atoms with van der Waals surface area (Å²) in [5, 5.41) is 3.44. The SMILES string of the molecule is CCOC(=O)C(CCN(CC(C)C)C1CC1)NC1CC1. The fourth-order valence-corrected chi connectivity index (χ4v) is 2.67. The second kappa shape index (κ2) is 7.41. The summed E-state index contributed by atoms with van der Waals surface area (Å²) in [6.45, 7) is 9.03. The van der Waals surface area contributed by atoms with Crippen LogP contribution in [0.5, 0.6) is 0 Å². The Bertz CT molecular complexity index is 312. The number of nitrogens with zero attached hydrogens (tertiary/aromatic N) is 1. The van der Waals surface area contributed by atoms with Gasteiger partial charge in [-0.3, -0.25) is 4.79 Å². The molecule has 0 amide bonds. The van der Waals surface area contributed by atoms with Crippen molar-refractivity contribution < 1.29 is 9.53 Å². The molecule has 0 spiro atoms. The van der Waals surface area contributed by atoms with E-state index in [-0.39, 0.29) is 12.0 Å². The molecule has 1 N–H and O–H groups in total. The first kappa shape index (κ1) is 15.8. The van der Waals surface area contributed by atoms with Gasteiger partial charge in [-0.1, -0.05) is 13.8 Å².